The molecule has 1 amide bonds. The zero-order valence-electron chi connectivity index (χ0n) is 19.5. The number of nitrogen functional groups attached to an aromatic ring is 1. The van der Waals surface area contributed by atoms with Crippen LogP contribution in [0.2, 0.25) is 0 Å². The van der Waals surface area contributed by atoms with E-state index < -0.39 is 4.92 Å². The largest absolute Gasteiger partial charge is 0.378 e. The van der Waals surface area contributed by atoms with Gasteiger partial charge >= 0.3 is 5.69 Å². The van der Waals surface area contributed by atoms with Gasteiger partial charge in [0.15, 0.2) is 0 Å². The first-order chi connectivity index (χ1) is 17.9. The van der Waals surface area contributed by atoms with Gasteiger partial charge in [-0.2, -0.15) is 0 Å². The van der Waals surface area contributed by atoms with Crippen molar-refractivity contribution >= 4 is 56.5 Å². The Morgan fingerprint density at radius 3 is 2.46 bits per heavy atom. The molecule has 0 aliphatic heterocycles. The number of benzene rings is 2. The maximum Gasteiger partial charge on any atom is 0.311 e. The third kappa shape index (κ3) is 6.76. The fourth-order valence-corrected chi connectivity index (χ4v) is 3.92. The minimum atomic E-state index is -0.583. The Hall–Kier alpha value is -4.58. The standard InChI is InChI=1S/C25H23BrN8O3/c26-17-5-4-8-20(15-17)33(19-6-2-1-3-7-19)23(35)16-18-11-12-29-25(31-18)30-14-13-28-22-10-9-21(34(36)37)24(27)32-22/h1-12,15H,13-14,16H2,(H3,27,28,32)(H,29,30,31). The average molecular weight is 563 g/mol. The number of rotatable bonds is 10. The van der Waals surface area contributed by atoms with E-state index in [-0.39, 0.29) is 23.8 Å². The van der Waals surface area contributed by atoms with Gasteiger partial charge in [0.25, 0.3) is 0 Å². The molecule has 0 atom stereocenters. The molecule has 4 N–H and O–H groups in total. The first kappa shape index (κ1) is 25.5. The maximum atomic E-state index is 13.4. The second kappa shape index (κ2) is 11.9. The molecule has 11 nitrogen and oxygen atoms in total. The second-order valence-corrected chi connectivity index (χ2v) is 8.72. The van der Waals surface area contributed by atoms with Crippen molar-refractivity contribution in [3.8, 4) is 0 Å². The fraction of sp³-hybridized carbons (Fsp3) is 0.120. The van der Waals surface area contributed by atoms with E-state index in [0.29, 0.717) is 30.5 Å². The first-order valence-electron chi connectivity index (χ1n) is 11.2. The summed E-state index contributed by atoms with van der Waals surface area (Å²) in [4.78, 5) is 38.0. The van der Waals surface area contributed by atoms with Crippen molar-refractivity contribution in [1.29, 1.82) is 0 Å². The molecule has 0 spiro atoms. The van der Waals surface area contributed by atoms with Gasteiger partial charge in [-0.25, -0.2) is 15.0 Å². The third-order valence-corrected chi connectivity index (χ3v) is 5.68. The number of para-hydroxylation sites is 1. The summed E-state index contributed by atoms with van der Waals surface area (Å²) in [5.74, 6) is 0.490. The Balaban J connectivity index is 1.39. The highest BCUT2D eigenvalue weighted by atomic mass is 79.9. The number of nitrogens with one attached hydrogen (secondary N) is 2. The normalized spacial score (nSPS) is 10.5. The SMILES string of the molecule is Nc1nc(NCCNc2nccc(CC(=O)N(c3ccccc3)c3cccc(Br)c3)n2)ccc1[N+](=O)[O-]. The molecule has 2 aromatic heterocycles. The van der Waals surface area contributed by atoms with E-state index in [1.807, 2.05) is 54.6 Å². The Kier molecular flexibility index (Phi) is 8.21. The number of aromatic nitrogens is 3. The summed E-state index contributed by atoms with van der Waals surface area (Å²) >= 11 is 3.48. The smallest absolute Gasteiger partial charge is 0.311 e. The number of hydrogen-bond acceptors (Lipinski definition) is 9. The van der Waals surface area contributed by atoms with Crippen LogP contribution in [-0.4, -0.2) is 38.9 Å². The van der Waals surface area contributed by atoms with Gasteiger partial charge in [0.1, 0.15) is 5.82 Å². The van der Waals surface area contributed by atoms with E-state index >= 15 is 0 Å². The lowest BCUT2D eigenvalue weighted by Gasteiger charge is -2.23. The van der Waals surface area contributed by atoms with E-state index in [1.54, 1.807) is 17.2 Å². The molecular formula is C25H23BrN8O3. The molecule has 0 aliphatic carbocycles. The molecule has 2 aromatic carbocycles. The van der Waals surface area contributed by atoms with Crippen molar-refractivity contribution in [2.24, 2.45) is 0 Å². The van der Waals surface area contributed by atoms with Crippen LogP contribution in [-0.2, 0) is 11.2 Å². The number of hydrogen-bond donors (Lipinski definition) is 3. The molecule has 188 valence electrons. The van der Waals surface area contributed by atoms with Crippen molar-refractivity contribution in [1.82, 2.24) is 15.0 Å². The fourth-order valence-electron chi connectivity index (χ4n) is 3.53. The van der Waals surface area contributed by atoms with E-state index in [1.165, 1.54) is 12.1 Å². The van der Waals surface area contributed by atoms with E-state index in [2.05, 4.69) is 41.5 Å². The highest BCUT2D eigenvalue weighted by Crippen LogP contribution is 2.28. The summed E-state index contributed by atoms with van der Waals surface area (Å²) in [6, 6.07) is 21.5. The molecule has 0 radical (unpaired) electrons. The van der Waals surface area contributed by atoms with E-state index in [9.17, 15) is 14.9 Å². The molecule has 4 rings (SSSR count). The van der Waals surface area contributed by atoms with Gasteiger partial charge in [-0.1, -0.05) is 40.2 Å². The molecule has 37 heavy (non-hydrogen) atoms. The average Bonchev–Trinajstić information content (AvgIpc) is 2.87. The monoisotopic (exact) mass is 562 g/mol. The Morgan fingerprint density at radius 2 is 1.73 bits per heavy atom. The molecule has 4 aromatic rings. The van der Waals surface area contributed by atoms with Gasteiger partial charge in [0, 0.05) is 35.5 Å². The summed E-state index contributed by atoms with van der Waals surface area (Å²) in [6.45, 7) is 0.867. The number of halogens is 1. The van der Waals surface area contributed by atoms with Crippen LogP contribution in [0.5, 0.6) is 0 Å². The number of amides is 1. The highest BCUT2D eigenvalue weighted by molar-refractivity contribution is 9.10. The quantitative estimate of drug-likeness (QED) is 0.143. The minimum Gasteiger partial charge on any atom is -0.378 e. The molecule has 0 saturated carbocycles. The van der Waals surface area contributed by atoms with Crippen molar-refractivity contribution < 1.29 is 9.72 Å². The van der Waals surface area contributed by atoms with Crippen molar-refractivity contribution in [3.63, 3.8) is 0 Å². The van der Waals surface area contributed by atoms with Gasteiger partial charge in [-0.05, 0) is 42.5 Å². The van der Waals surface area contributed by atoms with Crippen molar-refractivity contribution in [2.45, 2.75) is 6.42 Å². The molecule has 0 bridgehead atoms. The summed E-state index contributed by atoms with van der Waals surface area (Å²) in [5.41, 5.74) is 7.43. The zero-order valence-corrected chi connectivity index (χ0v) is 21.1. The number of nitrogens with two attached hydrogens (primary N) is 1. The van der Waals surface area contributed by atoms with Crippen LogP contribution in [0, 0.1) is 10.1 Å². The predicted octanol–water partition coefficient (Wildman–Crippen LogP) is 4.56. The van der Waals surface area contributed by atoms with Crippen LogP contribution in [0.4, 0.5) is 34.6 Å². The number of carbonyl (C=O) groups excluding carboxylic acids is 1. The second-order valence-electron chi connectivity index (χ2n) is 7.80. The van der Waals surface area contributed by atoms with Crippen LogP contribution >= 0.6 is 15.9 Å². The van der Waals surface area contributed by atoms with Crippen LogP contribution < -0.4 is 21.3 Å². The molecule has 2 heterocycles. The Labute approximate surface area is 221 Å². The molecule has 0 aliphatic rings. The molecule has 0 unspecified atom stereocenters. The number of pyridine rings is 1. The van der Waals surface area contributed by atoms with Gasteiger partial charge in [0.05, 0.1) is 22.7 Å². The van der Waals surface area contributed by atoms with Gasteiger partial charge in [-0.15, -0.1) is 0 Å². The van der Waals surface area contributed by atoms with Crippen LogP contribution in [0.3, 0.4) is 0 Å². The third-order valence-electron chi connectivity index (χ3n) is 5.19. The van der Waals surface area contributed by atoms with Crippen LogP contribution in [0.1, 0.15) is 5.69 Å². The summed E-state index contributed by atoms with van der Waals surface area (Å²) in [6.07, 6.45) is 1.67. The van der Waals surface area contributed by atoms with E-state index in [4.69, 9.17) is 5.73 Å². The van der Waals surface area contributed by atoms with E-state index in [0.717, 1.165) is 15.8 Å². The number of nitrogens with zero attached hydrogens (tertiary/aromatic N) is 5. The van der Waals surface area contributed by atoms with Crippen LogP contribution in [0.15, 0.2) is 83.5 Å². The Morgan fingerprint density at radius 1 is 0.973 bits per heavy atom. The molecule has 12 heteroatoms. The number of carbonyl (C=O) groups is 1. The van der Waals surface area contributed by atoms with Crippen molar-refractivity contribution in [3.05, 3.63) is 99.3 Å². The minimum absolute atomic E-state index is 0.0723. The lowest BCUT2D eigenvalue weighted by atomic mass is 10.2. The summed E-state index contributed by atoms with van der Waals surface area (Å²) < 4.78 is 0.868. The lowest BCUT2D eigenvalue weighted by Crippen LogP contribution is -2.28. The zero-order chi connectivity index (χ0) is 26.2. The number of anilines is 5. The summed E-state index contributed by atoms with van der Waals surface area (Å²) in [7, 11) is 0. The van der Waals surface area contributed by atoms with Gasteiger partial charge in [-0.3, -0.25) is 19.8 Å². The predicted molar refractivity (Wildman–Crippen MR) is 146 cm³/mol. The molecular weight excluding hydrogens is 540 g/mol. The topological polar surface area (TPSA) is 152 Å². The first-order valence-corrected chi connectivity index (χ1v) is 12.0. The highest BCUT2D eigenvalue weighted by Gasteiger charge is 2.19. The maximum absolute atomic E-state index is 13.4. The van der Waals surface area contributed by atoms with Crippen molar-refractivity contribution in [2.75, 3.05) is 34.4 Å². The molecule has 0 fully saturated rings. The number of nitro groups is 1. The molecule has 0 saturated heterocycles. The lowest BCUT2D eigenvalue weighted by molar-refractivity contribution is -0.384. The van der Waals surface area contributed by atoms with Gasteiger partial charge in [0.2, 0.25) is 17.7 Å². The Bertz CT molecular complexity index is 1400. The van der Waals surface area contributed by atoms with Crippen LogP contribution in [0.25, 0.3) is 0 Å². The summed E-state index contributed by atoms with van der Waals surface area (Å²) in [5, 5.41) is 17.0. The van der Waals surface area contributed by atoms with Gasteiger partial charge < -0.3 is 16.4 Å².